The number of piperazine rings is 1. The van der Waals surface area contributed by atoms with E-state index in [4.69, 9.17) is 15.2 Å². The zero-order valence-corrected chi connectivity index (χ0v) is 34.5. The van der Waals surface area contributed by atoms with Crippen LogP contribution in [0, 0.1) is 0 Å². The quantitative estimate of drug-likeness (QED) is 0.178. The third-order valence-corrected chi connectivity index (χ3v) is 12.8. The van der Waals surface area contributed by atoms with Crippen LogP contribution in [0.15, 0.2) is 78.9 Å². The lowest BCUT2D eigenvalue weighted by Crippen LogP contribution is -2.65. The fourth-order valence-electron chi connectivity index (χ4n) is 9.52. The van der Waals surface area contributed by atoms with Gasteiger partial charge in [0.05, 0.1) is 36.7 Å². The van der Waals surface area contributed by atoms with E-state index in [1.54, 1.807) is 12.1 Å². The molecule has 1 aromatic heterocycles. The van der Waals surface area contributed by atoms with Crippen molar-refractivity contribution >= 4 is 46.4 Å². The maximum atomic E-state index is 13.4. The third kappa shape index (κ3) is 8.67. The van der Waals surface area contributed by atoms with Gasteiger partial charge in [0.2, 0.25) is 11.8 Å². The maximum absolute atomic E-state index is 13.4. The molecule has 5 fully saturated rings. The predicted octanol–water partition coefficient (Wildman–Crippen LogP) is 3.99. The lowest BCUT2D eigenvalue weighted by molar-refractivity contribution is -0.134. The fraction of sp³-hybridized carbons (Fsp3) is 0.444. The summed E-state index contributed by atoms with van der Waals surface area (Å²) in [5.74, 6) is 0.842. The Bertz CT molecular complexity index is 2230. The molecule has 4 amide bonds. The van der Waals surface area contributed by atoms with Crippen LogP contribution in [0.2, 0.25) is 0 Å². The number of benzene rings is 3. The molecular formula is C45H54N10O6. The molecule has 16 nitrogen and oxygen atoms in total. The second-order valence-corrected chi connectivity index (χ2v) is 16.8. The number of phenols is 1. The normalized spacial score (nSPS) is 22.5. The number of hydrogen-bond donors (Lipinski definition) is 4. The Morgan fingerprint density at radius 1 is 0.869 bits per heavy atom. The average Bonchev–Trinajstić information content (AvgIpc) is 3.27. The van der Waals surface area contributed by atoms with Gasteiger partial charge in [-0.2, -0.15) is 0 Å². The van der Waals surface area contributed by atoms with Crippen LogP contribution in [0.4, 0.5) is 33.4 Å². The molecule has 0 aliphatic carbocycles. The van der Waals surface area contributed by atoms with Crippen molar-refractivity contribution in [1.29, 1.82) is 0 Å². The molecular weight excluding hydrogens is 777 g/mol. The van der Waals surface area contributed by atoms with Crippen molar-refractivity contribution in [2.75, 3.05) is 84.9 Å². The number of hydrogen-bond acceptors (Lipinski definition) is 13. The Hall–Kier alpha value is -6.29. The fourth-order valence-corrected chi connectivity index (χ4v) is 9.52. The number of para-hydroxylation sites is 1. The number of aromatic nitrogens is 2. The van der Waals surface area contributed by atoms with Crippen LogP contribution < -0.4 is 40.7 Å². The third-order valence-electron chi connectivity index (χ3n) is 12.8. The molecule has 61 heavy (non-hydrogen) atoms. The number of carbonyl (C=O) groups is 3. The van der Waals surface area contributed by atoms with E-state index in [9.17, 15) is 19.5 Å². The van der Waals surface area contributed by atoms with Crippen LogP contribution in [0.1, 0.15) is 38.5 Å². The zero-order valence-electron chi connectivity index (χ0n) is 34.5. The van der Waals surface area contributed by atoms with Gasteiger partial charge in [-0.25, -0.2) is 4.79 Å². The highest BCUT2D eigenvalue weighted by molar-refractivity contribution is 6.01. The smallest absolute Gasteiger partial charge is 0.317 e. The van der Waals surface area contributed by atoms with Crippen molar-refractivity contribution in [2.24, 2.45) is 0 Å². The second kappa shape index (κ2) is 17.4. The Morgan fingerprint density at radius 2 is 1.61 bits per heavy atom. The summed E-state index contributed by atoms with van der Waals surface area (Å²) in [6, 6.07) is 25.3. The predicted molar refractivity (Wildman–Crippen MR) is 233 cm³/mol. The highest BCUT2D eigenvalue weighted by Crippen LogP contribution is 2.37. The van der Waals surface area contributed by atoms with Gasteiger partial charge in [-0.15, -0.1) is 10.2 Å². The summed E-state index contributed by atoms with van der Waals surface area (Å²) in [4.78, 5) is 48.4. The molecule has 4 aromatic rings. The van der Waals surface area contributed by atoms with Gasteiger partial charge < -0.3 is 50.1 Å². The minimum atomic E-state index is -0.377. The van der Waals surface area contributed by atoms with Crippen LogP contribution >= 0.6 is 0 Å². The van der Waals surface area contributed by atoms with Gasteiger partial charge in [0.15, 0.2) is 5.82 Å². The van der Waals surface area contributed by atoms with Crippen LogP contribution in [-0.4, -0.2) is 128 Å². The number of piperidine rings is 3. The van der Waals surface area contributed by atoms with E-state index in [1.165, 1.54) is 0 Å². The molecule has 5 aliphatic rings. The summed E-state index contributed by atoms with van der Waals surface area (Å²) >= 11 is 0. The van der Waals surface area contributed by atoms with Crippen LogP contribution in [-0.2, 0) is 14.3 Å². The molecule has 2 bridgehead atoms. The SMILES string of the molecule is CN(c1cccc(N2CCC(NC(=O)N3CCC(Oc4cccc(N5[C@H]6COC[C@H]5CN(c5cc(-c7ccccc7O)nnc5N)C6)c4)CC3)CC2)c1)C1CCC(=O)NC1=O. The molecule has 16 heteroatoms. The number of nitrogen functional groups attached to an aromatic ring is 1. The van der Waals surface area contributed by atoms with Crippen LogP contribution in [0.25, 0.3) is 11.3 Å². The number of morpholine rings is 1. The number of likely N-dealkylation sites (N-methyl/N-ethyl adjacent to an activating group) is 1. The maximum Gasteiger partial charge on any atom is 0.317 e. The summed E-state index contributed by atoms with van der Waals surface area (Å²) in [6.07, 6.45) is 4.03. The number of fused-ring (bicyclic) bond motifs is 2. The molecule has 5 N–H and O–H groups in total. The molecule has 320 valence electrons. The first kappa shape index (κ1) is 40.1. The highest BCUT2D eigenvalue weighted by atomic mass is 16.5. The number of imide groups is 1. The molecule has 9 rings (SSSR count). The summed E-state index contributed by atoms with van der Waals surface area (Å²) in [5.41, 5.74) is 11.5. The number of ether oxygens (including phenoxy) is 2. The topological polar surface area (TPSA) is 182 Å². The van der Waals surface area contributed by atoms with Gasteiger partial charge in [-0.1, -0.05) is 24.3 Å². The van der Waals surface area contributed by atoms with Crippen molar-refractivity contribution in [1.82, 2.24) is 25.7 Å². The monoisotopic (exact) mass is 830 g/mol. The van der Waals surface area contributed by atoms with E-state index in [2.05, 4.69) is 59.8 Å². The number of nitrogens with one attached hydrogen (secondary N) is 2. The first-order valence-electron chi connectivity index (χ1n) is 21.4. The molecule has 3 aromatic carbocycles. The van der Waals surface area contributed by atoms with Crippen molar-refractivity contribution in [2.45, 2.75) is 68.8 Å². The second-order valence-electron chi connectivity index (χ2n) is 16.8. The van der Waals surface area contributed by atoms with Gasteiger partial charge in [0.25, 0.3) is 0 Å². The van der Waals surface area contributed by atoms with Crippen molar-refractivity contribution in [3.8, 4) is 22.8 Å². The Morgan fingerprint density at radius 3 is 2.36 bits per heavy atom. The number of nitrogens with zero attached hydrogens (tertiary/aromatic N) is 7. The molecule has 0 spiro atoms. The van der Waals surface area contributed by atoms with E-state index < -0.39 is 0 Å². The van der Waals surface area contributed by atoms with Crippen molar-refractivity contribution in [3.63, 3.8) is 0 Å². The summed E-state index contributed by atoms with van der Waals surface area (Å²) in [7, 11) is 1.90. The number of nitrogens with two attached hydrogens (primary N) is 1. The first-order chi connectivity index (χ1) is 29.7. The Balaban J connectivity index is 0.751. The number of aromatic hydroxyl groups is 1. The molecule has 3 atom stereocenters. The summed E-state index contributed by atoms with van der Waals surface area (Å²) in [5, 5.41) is 24.7. The lowest BCUT2D eigenvalue weighted by Gasteiger charge is -2.51. The highest BCUT2D eigenvalue weighted by Gasteiger charge is 2.40. The molecule has 1 unspecified atom stereocenters. The number of likely N-dealkylation sites (tertiary alicyclic amines) is 1. The van der Waals surface area contributed by atoms with Gasteiger partial charge in [-0.3, -0.25) is 14.9 Å². The average molecular weight is 831 g/mol. The molecule has 0 saturated carbocycles. The Labute approximate surface area is 355 Å². The molecule has 5 saturated heterocycles. The standard InChI is InChI=1S/C45H54N10O6/c1-51(39-12-13-42(57)48-44(39)58)30-6-4-7-31(22-30)52-18-14-29(15-19-52)47-45(59)53-20-16-35(17-21-53)61-36-9-5-8-32(23-36)55-33-25-54(26-34(55)28-60-27-33)40-24-38(49-50-43(40)46)37-10-2-3-11-41(37)56/h2-11,22-24,29,33-35,39,56H,12-21,25-28H2,1H3,(H2,46,50)(H,47,59)(H,48,57,58)/t33-,34-,39?/m1/s1. The largest absolute Gasteiger partial charge is 0.507 e. The number of urea groups is 1. The lowest BCUT2D eigenvalue weighted by atomic mass is 10.0. The van der Waals surface area contributed by atoms with E-state index in [0.29, 0.717) is 69.3 Å². The van der Waals surface area contributed by atoms with E-state index in [1.807, 2.05) is 59.3 Å². The Kier molecular flexibility index (Phi) is 11.4. The van der Waals surface area contributed by atoms with E-state index >= 15 is 0 Å². The van der Waals surface area contributed by atoms with Gasteiger partial charge in [0.1, 0.15) is 23.6 Å². The number of rotatable bonds is 9. The number of amides is 4. The number of anilines is 5. The van der Waals surface area contributed by atoms with Gasteiger partial charge in [0, 0.05) is 100 Å². The number of phenolic OH excluding ortho intramolecular Hbond substituents is 1. The molecule has 5 aliphatic heterocycles. The van der Waals surface area contributed by atoms with Crippen molar-refractivity contribution < 1.29 is 29.0 Å². The van der Waals surface area contributed by atoms with Gasteiger partial charge in [-0.05, 0) is 67.8 Å². The minimum absolute atomic E-state index is 0.00688. The molecule has 0 radical (unpaired) electrons. The summed E-state index contributed by atoms with van der Waals surface area (Å²) in [6.45, 7) is 5.39. The van der Waals surface area contributed by atoms with E-state index in [0.717, 1.165) is 67.3 Å². The summed E-state index contributed by atoms with van der Waals surface area (Å²) < 4.78 is 12.6. The van der Waals surface area contributed by atoms with Crippen molar-refractivity contribution in [3.05, 3.63) is 78.9 Å². The van der Waals surface area contributed by atoms with Gasteiger partial charge >= 0.3 is 6.03 Å². The van der Waals surface area contributed by atoms with E-state index in [-0.39, 0.29) is 53.9 Å². The minimum Gasteiger partial charge on any atom is -0.507 e. The number of carbonyl (C=O) groups excluding carboxylic acids is 3. The van der Waals surface area contributed by atoms with Crippen LogP contribution in [0.5, 0.6) is 11.5 Å². The molecule has 6 heterocycles. The zero-order chi connectivity index (χ0) is 42.0. The first-order valence-corrected chi connectivity index (χ1v) is 21.4. The van der Waals surface area contributed by atoms with Crippen LogP contribution in [0.3, 0.4) is 0 Å².